The molecule has 0 unspecified atom stereocenters. The standard InChI is InChI=1S/C25H24FN7O2.C24H22FN7O2.C21H18N6O2.C20H16N6O2/c1-3-23(34)32-8-6-31(7-9-32)22-5-4-18(12-28-22)21-10-20(35-17-25(26)15-30(2)16-25)14-33-24(21)19(11-27)13-29-33;1-2-22(33)31-7-5-30(6-8-31)21-4-3-17(11-28-21)20-9-19(34-16-24(25)14-27-15-24)13-32-23(20)18(10-26)12-29-32;1-3-20(28)26-8-6-25(7-9-26)19-5-4-15(12-23-19)18-10-17(29-2)14-27-21(18)16(11-22)13-24-27;1-2-19(28)25-7-5-24(6-8-25)18-4-3-14(11-22-18)17-9-16(27)13-26-20(17)15(10-21)12-23-26/h1,4-5,10,12-14H,6-9,15-17H2,2H3;1,3-4,9,11-13,27H,5-8,14-16H2;1,4-5,10,12-14H,6-9H2,2H3;1,3-4,9,11-13,27H,5-8H2. The molecule has 34 nitrogen and oxygen atoms in total. The topological polar surface area (TPSA) is 373 Å². The minimum Gasteiger partial charge on any atom is -0.506 e. The van der Waals surface area contributed by atoms with Crippen LogP contribution < -0.4 is 39.1 Å². The lowest BCUT2D eigenvalue weighted by Crippen LogP contribution is -2.60. The Balaban J connectivity index is 0.000000130. The summed E-state index contributed by atoms with van der Waals surface area (Å²) >= 11 is 0. The fraction of sp³-hybridized carbons (Fsp3) is 0.289. The van der Waals surface area contributed by atoms with Gasteiger partial charge in [-0.15, -0.1) is 25.7 Å². The van der Waals surface area contributed by atoms with Crippen molar-refractivity contribution in [2.75, 3.05) is 178 Å². The first-order chi connectivity index (χ1) is 61.1. The van der Waals surface area contributed by atoms with Crippen LogP contribution in [0.4, 0.5) is 32.1 Å². The highest BCUT2D eigenvalue weighted by molar-refractivity contribution is 5.95. The summed E-state index contributed by atoms with van der Waals surface area (Å²) in [6, 6.07) is 31.0. The highest BCUT2D eigenvalue weighted by Crippen LogP contribution is 2.38. The Morgan fingerprint density at radius 1 is 0.413 bits per heavy atom. The van der Waals surface area contributed by atoms with Crippen molar-refractivity contribution in [3.63, 3.8) is 0 Å². The number of likely N-dealkylation sites (tertiary alicyclic amines) is 1. The predicted molar refractivity (Wildman–Crippen MR) is 460 cm³/mol. The summed E-state index contributed by atoms with van der Waals surface area (Å²) in [5.74, 6) is 12.3. The van der Waals surface area contributed by atoms with Crippen molar-refractivity contribution in [1.82, 2.24) is 88.2 Å². The molecule has 0 atom stereocenters. The first-order valence-electron chi connectivity index (χ1n) is 39.9. The van der Waals surface area contributed by atoms with Crippen LogP contribution in [-0.4, -0.2) is 281 Å². The van der Waals surface area contributed by atoms with E-state index in [2.05, 4.69) is 113 Å². The lowest BCUT2D eigenvalue weighted by atomic mass is 9.98. The maximum absolute atomic E-state index is 14.7. The zero-order valence-electron chi connectivity index (χ0n) is 68.5. The molecule has 6 aliphatic rings. The summed E-state index contributed by atoms with van der Waals surface area (Å²) in [4.78, 5) is 81.9. The Hall–Kier alpha value is -16.4. The fourth-order valence-corrected chi connectivity index (χ4v) is 15.7. The van der Waals surface area contributed by atoms with Crippen molar-refractivity contribution in [3.8, 4) is 141 Å². The second-order valence-corrected chi connectivity index (χ2v) is 30.4. The van der Waals surface area contributed by atoms with Gasteiger partial charge in [0.25, 0.3) is 23.6 Å². The molecule has 632 valence electrons. The number of nitrogens with zero attached hydrogens (tertiary/aromatic N) is 25. The van der Waals surface area contributed by atoms with Crippen molar-refractivity contribution in [2.45, 2.75) is 11.3 Å². The number of fused-ring (bicyclic) bond motifs is 4. The first-order valence-corrected chi connectivity index (χ1v) is 39.9. The van der Waals surface area contributed by atoms with Gasteiger partial charge in [0.05, 0.1) is 101 Å². The largest absolute Gasteiger partial charge is 0.506 e. The number of anilines is 4. The van der Waals surface area contributed by atoms with Crippen LogP contribution in [-0.2, 0) is 19.2 Å². The fourth-order valence-electron chi connectivity index (χ4n) is 15.7. The van der Waals surface area contributed by atoms with Crippen molar-refractivity contribution < 1.29 is 47.3 Å². The monoisotopic (exact) mass is 1690 g/mol. The summed E-state index contributed by atoms with van der Waals surface area (Å²) in [6.45, 7) is 10.7. The number of methoxy groups -OCH3 is 1. The number of amides is 4. The lowest BCUT2D eigenvalue weighted by Gasteiger charge is -2.41. The third kappa shape index (κ3) is 18.2. The van der Waals surface area contributed by atoms with Gasteiger partial charge in [-0.3, -0.25) is 24.1 Å². The van der Waals surface area contributed by atoms with Crippen LogP contribution in [0.1, 0.15) is 22.3 Å². The predicted octanol–water partition coefficient (Wildman–Crippen LogP) is 5.64. The van der Waals surface area contributed by atoms with Crippen LogP contribution in [0.25, 0.3) is 66.6 Å². The number of ether oxygens (including phenoxy) is 3. The second-order valence-electron chi connectivity index (χ2n) is 30.4. The zero-order valence-corrected chi connectivity index (χ0v) is 68.5. The molecule has 6 fully saturated rings. The molecule has 36 heteroatoms. The molecule has 0 radical (unpaired) electrons. The summed E-state index contributed by atoms with van der Waals surface area (Å²) in [5, 5.41) is 67.7. The molecule has 12 aromatic heterocycles. The second kappa shape index (κ2) is 36.9. The van der Waals surface area contributed by atoms with E-state index in [0.717, 1.165) is 62.2 Å². The zero-order chi connectivity index (χ0) is 88.3. The van der Waals surface area contributed by atoms with E-state index in [0.29, 0.717) is 185 Å². The average molecular weight is 1690 g/mol. The summed E-state index contributed by atoms with van der Waals surface area (Å²) in [5.41, 5.74) is 7.72. The molecule has 6 aliphatic heterocycles. The Morgan fingerprint density at radius 3 is 0.944 bits per heavy atom. The minimum atomic E-state index is -1.38. The highest BCUT2D eigenvalue weighted by atomic mass is 19.1. The molecule has 0 aromatic carbocycles. The van der Waals surface area contributed by atoms with E-state index < -0.39 is 11.3 Å². The van der Waals surface area contributed by atoms with Crippen molar-refractivity contribution in [2.24, 2.45) is 0 Å². The number of hydrogen-bond donors (Lipinski definition) is 2. The molecule has 2 N–H and O–H groups in total. The maximum Gasteiger partial charge on any atom is 0.298 e. The average Bonchev–Trinajstić information content (AvgIpc) is 1.59. The van der Waals surface area contributed by atoms with E-state index in [9.17, 15) is 54.1 Å². The van der Waals surface area contributed by atoms with E-state index in [1.807, 2.05) is 66.5 Å². The number of pyridine rings is 8. The van der Waals surface area contributed by atoms with Crippen LogP contribution in [0.15, 0.2) is 147 Å². The molecular weight excluding hydrogens is 1610 g/mol. The third-order valence-corrected chi connectivity index (χ3v) is 22.4. The molecule has 6 saturated heterocycles. The van der Waals surface area contributed by atoms with Gasteiger partial charge in [-0.2, -0.15) is 41.4 Å². The van der Waals surface area contributed by atoms with E-state index in [-0.39, 0.29) is 55.7 Å². The number of nitrogens with one attached hydrogen (secondary N) is 1. The number of carbonyl (C=O) groups is 4. The number of nitriles is 4. The Morgan fingerprint density at radius 2 is 0.690 bits per heavy atom. The molecule has 0 saturated carbocycles. The SMILES string of the molecule is C#CC(=O)N1CCN(c2ccc(-c3cc(O)cn4ncc(C#N)c34)cn2)CC1.C#CC(=O)N1CCN(c2ccc(-c3cc(OC)cn4ncc(C#N)c34)cn2)CC1.C#CC(=O)N1CCN(c2ccc(-c3cc(OCC4(F)CN(C)C4)cn4ncc(C#N)c34)cn2)CC1.C#CC(=O)N1CCN(c2ccc(-c3cc(OCC4(F)CNC4)cn4ncc(C#N)c34)cn2)CC1. The Labute approximate surface area is 721 Å². The number of halogens is 2. The number of rotatable bonds is 15. The number of piperazine rings is 4. The van der Waals surface area contributed by atoms with Crippen LogP contribution in [0.5, 0.6) is 23.0 Å². The molecule has 12 aromatic rings. The van der Waals surface area contributed by atoms with E-state index >= 15 is 0 Å². The third-order valence-electron chi connectivity index (χ3n) is 22.4. The maximum atomic E-state index is 14.7. The summed E-state index contributed by atoms with van der Waals surface area (Å²) < 4.78 is 52.3. The minimum absolute atomic E-state index is 0.0495. The van der Waals surface area contributed by atoms with Crippen molar-refractivity contribution in [1.29, 1.82) is 21.0 Å². The number of aromatic hydroxyl groups is 1. The normalized spacial score (nSPS) is 15.7. The van der Waals surface area contributed by atoms with Crippen LogP contribution in [0.2, 0.25) is 0 Å². The van der Waals surface area contributed by atoms with E-state index in [1.54, 1.807) is 102 Å². The summed E-state index contributed by atoms with van der Waals surface area (Å²) in [7, 11) is 3.45. The molecule has 18 heterocycles. The van der Waals surface area contributed by atoms with Gasteiger partial charge in [-0.25, -0.2) is 46.8 Å². The van der Waals surface area contributed by atoms with Gasteiger partial charge >= 0.3 is 0 Å². The summed E-state index contributed by atoms with van der Waals surface area (Å²) in [6.07, 6.45) is 40.2. The Kier molecular flexibility index (Phi) is 24.8. The van der Waals surface area contributed by atoms with Crippen molar-refractivity contribution in [3.05, 3.63) is 169 Å². The smallest absolute Gasteiger partial charge is 0.298 e. The number of hydrogen-bond acceptors (Lipinski definition) is 26. The molecule has 0 spiro atoms. The van der Waals surface area contributed by atoms with Crippen LogP contribution in [0.3, 0.4) is 0 Å². The van der Waals surface area contributed by atoms with Crippen molar-refractivity contribution >= 4 is 69.0 Å². The van der Waals surface area contributed by atoms with E-state index in [1.165, 1.54) is 35.5 Å². The van der Waals surface area contributed by atoms with Gasteiger partial charge < -0.3 is 63.8 Å². The molecule has 0 aliphatic carbocycles. The number of alkyl halides is 2. The van der Waals surface area contributed by atoms with Gasteiger partial charge in [-0.1, -0.05) is 0 Å². The van der Waals surface area contributed by atoms with Gasteiger partial charge in [-0.05, 0) is 104 Å². The molecule has 0 bridgehead atoms. The molecular formula is C90H80F2N26O8. The quantitative estimate of drug-likeness (QED) is 0.117. The number of aromatic nitrogens is 12. The van der Waals surface area contributed by atoms with Crippen LogP contribution >= 0.6 is 0 Å². The first kappa shape index (κ1) is 84.6. The van der Waals surface area contributed by atoms with Crippen LogP contribution in [0, 0.1) is 94.7 Å². The lowest BCUT2D eigenvalue weighted by molar-refractivity contribution is -0.126. The number of carbonyl (C=O) groups excluding carboxylic acids is 4. The van der Waals surface area contributed by atoms with Gasteiger partial charge in [0.2, 0.25) is 0 Å². The molecule has 126 heavy (non-hydrogen) atoms. The van der Waals surface area contributed by atoms with Gasteiger partial charge in [0.1, 0.15) is 83.8 Å². The molecule has 18 rings (SSSR count). The molecule has 4 amide bonds. The van der Waals surface area contributed by atoms with E-state index in [4.69, 9.17) is 39.9 Å². The Bertz CT molecular complexity index is 6490. The van der Waals surface area contributed by atoms with Gasteiger partial charge in [0.15, 0.2) is 11.3 Å². The van der Waals surface area contributed by atoms with Gasteiger partial charge in [0, 0.05) is 200 Å². The highest BCUT2D eigenvalue weighted by Gasteiger charge is 2.43. The number of terminal acetylenes is 4.